The van der Waals surface area contributed by atoms with Crippen molar-refractivity contribution in [2.45, 2.75) is 5.41 Å². The summed E-state index contributed by atoms with van der Waals surface area (Å²) in [6.45, 7) is 0. The Labute approximate surface area is 441 Å². The smallest absolute Gasteiger partial charge is 0.136 e. The zero-order valence-corrected chi connectivity index (χ0v) is 41.4. The summed E-state index contributed by atoms with van der Waals surface area (Å²) < 4.78 is 6.69. The highest BCUT2D eigenvalue weighted by Gasteiger charge is 2.51. The summed E-state index contributed by atoms with van der Waals surface area (Å²) in [5.41, 5.74) is 27.0. The summed E-state index contributed by atoms with van der Waals surface area (Å²) in [4.78, 5) is 4.95. The Morgan fingerprint density at radius 1 is 0.316 bits per heavy atom. The monoisotopic (exact) mass is 966 g/mol. The molecule has 1 aromatic heterocycles. The lowest BCUT2D eigenvalue weighted by atomic mass is 9.65. The number of furan rings is 1. The molecule has 3 nitrogen and oxygen atoms in total. The number of nitrogens with zero attached hydrogens (tertiary/aromatic N) is 2. The number of hydrogen-bond acceptors (Lipinski definition) is 3. The normalized spacial score (nSPS) is 14.3. The fourth-order valence-electron chi connectivity index (χ4n) is 13.4. The summed E-state index contributed by atoms with van der Waals surface area (Å²) in [5, 5.41) is 2.28. The van der Waals surface area contributed by atoms with Crippen LogP contribution in [0.1, 0.15) is 22.3 Å². The molecule has 3 heteroatoms. The summed E-state index contributed by atoms with van der Waals surface area (Å²) in [6.07, 6.45) is 0. The Balaban J connectivity index is 1.02. The van der Waals surface area contributed by atoms with Gasteiger partial charge < -0.3 is 14.2 Å². The molecule has 0 amide bonds. The fourth-order valence-corrected chi connectivity index (χ4v) is 13.4. The van der Waals surface area contributed by atoms with Crippen LogP contribution in [0.4, 0.5) is 34.1 Å². The Bertz CT molecular complexity index is 4490. The molecular formula is C73H46N2O. The average molecular weight is 967 g/mol. The predicted octanol–water partition coefficient (Wildman–Crippen LogP) is 19.9. The zero-order chi connectivity index (χ0) is 49.9. The SMILES string of the molecule is c1ccc(-c2ccccc2N(c2ccc3c(c2)-c2ccccc2-c2ccccc2N3c2ccccc2)c2ccc3c(c2)C2(c4ccccc4-c4ccccc4-3)c3ccccc3-c3c2ccc2oc4ccccc4c32)cc1. The average Bonchev–Trinajstić information content (AvgIpc) is 4.03. The molecule has 0 N–H and O–H groups in total. The van der Waals surface area contributed by atoms with E-state index in [9.17, 15) is 0 Å². The second kappa shape index (κ2) is 16.5. The van der Waals surface area contributed by atoms with Crippen molar-refractivity contribution >= 4 is 56.1 Å². The lowest BCUT2D eigenvalue weighted by Gasteiger charge is -2.37. The van der Waals surface area contributed by atoms with Gasteiger partial charge in [-0.25, -0.2) is 0 Å². The van der Waals surface area contributed by atoms with Crippen LogP contribution in [-0.2, 0) is 5.41 Å². The third kappa shape index (κ3) is 5.99. The molecule has 2 heterocycles. The van der Waals surface area contributed by atoms with E-state index in [0.29, 0.717) is 0 Å². The maximum atomic E-state index is 6.69. The van der Waals surface area contributed by atoms with Crippen LogP contribution in [0.2, 0.25) is 0 Å². The van der Waals surface area contributed by atoms with E-state index in [0.717, 1.165) is 72.8 Å². The highest BCUT2D eigenvalue weighted by atomic mass is 16.3. The molecule has 76 heavy (non-hydrogen) atoms. The summed E-state index contributed by atoms with van der Waals surface area (Å²) in [6, 6.07) is 103. The zero-order valence-electron chi connectivity index (χ0n) is 41.4. The van der Waals surface area contributed by atoms with Gasteiger partial charge in [0.2, 0.25) is 0 Å². The van der Waals surface area contributed by atoms with Crippen LogP contribution in [0.5, 0.6) is 0 Å². The van der Waals surface area contributed by atoms with Crippen molar-refractivity contribution in [1.82, 2.24) is 0 Å². The first-order valence-electron chi connectivity index (χ1n) is 26.2. The van der Waals surface area contributed by atoms with Gasteiger partial charge in [-0.3, -0.25) is 0 Å². The van der Waals surface area contributed by atoms with Crippen LogP contribution in [0.25, 0.3) is 88.7 Å². The van der Waals surface area contributed by atoms with E-state index in [-0.39, 0.29) is 0 Å². The molecule has 354 valence electrons. The maximum Gasteiger partial charge on any atom is 0.136 e. The molecule has 0 bridgehead atoms. The van der Waals surface area contributed by atoms with E-state index in [1.165, 1.54) is 72.3 Å². The standard InChI is InChI=1S/C73H46N2O/c1-3-21-47(22-4-1)51-25-13-18-36-66(51)74(49-40-43-68-61(45-49)55-29-10-9-28-54(55)58-31-14-19-37-67(58)75(68)48-23-5-2-6-24-48)50-39-41-57-53-27-8-7-26-52(53)56-30-11-16-34-62(56)73(65(57)46-50)63-35-17-12-32-59(63)71-64(73)42-44-70-72(71)60-33-15-20-38-69(60)76-70/h1-46H. The van der Waals surface area contributed by atoms with Gasteiger partial charge in [-0.05, 0) is 139 Å². The van der Waals surface area contributed by atoms with Gasteiger partial charge in [0.15, 0.2) is 0 Å². The Hall–Kier alpha value is -9.96. The molecule has 1 spiro atoms. The van der Waals surface area contributed by atoms with Gasteiger partial charge in [-0.2, -0.15) is 0 Å². The molecule has 1 aliphatic heterocycles. The summed E-state index contributed by atoms with van der Waals surface area (Å²) in [5.74, 6) is 0. The third-order valence-electron chi connectivity index (χ3n) is 16.4. The van der Waals surface area contributed by atoms with Crippen molar-refractivity contribution < 1.29 is 4.42 Å². The minimum Gasteiger partial charge on any atom is -0.456 e. The minimum absolute atomic E-state index is 0.737. The molecular weight excluding hydrogens is 921 g/mol. The van der Waals surface area contributed by atoms with Crippen LogP contribution < -0.4 is 9.80 Å². The highest BCUT2D eigenvalue weighted by molar-refractivity contribution is 6.16. The Morgan fingerprint density at radius 2 is 0.842 bits per heavy atom. The number of hydrogen-bond donors (Lipinski definition) is 0. The second-order valence-corrected chi connectivity index (χ2v) is 20.2. The maximum absolute atomic E-state index is 6.69. The largest absolute Gasteiger partial charge is 0.456 e. The van der Waals surface area contributed by atoms with Gasteiger partial charge in [0, 0.05) is 44.5 Å². The van der Waals surface area contributed by atoms with Gasteiger partial charge in [0.05, 0.1) is 22.5 Å². The van der Waals surface area contributed by atoms with Gasteiger partial charge >= 0.3 is 0 Å². The molecule has 13 aromatic rings. The van der Waals surface area contributed by atoms with E-state index < -0.39 is 5.41 Å². The van der Waals surface area contributed by atoms with E-state index in [4.69, 9.17) is 4.42 Å². The first kappa shape index (κ1) is 42.5. The van der Waals surface area contributed by atoms with Crippen molar-refractivity contribution in [3.8, 4) is 66.8 Å². The first-order valence-corrected chi connectivity index (χ1v) is 26.2. The quantitative estimate of drug-likeness (QED) is 0.171. The van der Waals surface area contributed by atoms with Crippen LogP contribution in [0, 0.1) is 0 Å². The van der Waals surface area contributed by atoms with E-state index >= 15 is 0 Å². The second-order valence-electron chi connectivity index (χ2n) is 20.2. The van der Waals surface area contributed by atoms with Gasteiger partial charge in [0.25, 0.3) is 0 Å². The van der Waals surface area contributed by atoms with Gasteiger partial charge in [-0.15, -0.1) is 0 Å². The highest BCUT2D eigenvalue weighted by Crippen LogP contribution is 2.64. The lowest BCUT2D eigenvalue weighted by Crippen LogP contribution is -2.29. The van der Waals surface area contributed by atoms with Crippen molar-refractivity contribution in [2.24, 2.45) is 0 Å². The molecule has 0 radical (unpaired) electrons. The molecule has 0 saturated heterocycles. The molecule has 1 unspecified atom stereocenters. The van der Waals surface area contributed by atoms with Crippen molar-refractivity contribution in [1.29, 1.82) is 0 Å². The fraction of sp³-hybridized carbons (Fsp3) is 0.0137. The molecule has 2 aliphatic carbocycles. The van der Waals surface area contributed by atoms with E-state index in [2.05, 4.69) is 289 Å². The number of anilines is 6. The number of para-hydroxylation sites is 4. The van der Waals surface area contributed by atoms with Crippen LogP contribution in [-0.4, -0.2) is 0 Å². The number of fused-ring (bicyclic) bond motifs is 21. The van der Waals surface area contributed by atoms with Crippen LogP contribution in [0.3, 0.4) is 0 Å². The van der Waals surface area contributed by atoms with E-state index in [1.807, 2.05) is 0 Å². The minimum atomic E-state index is -0.737. The van der Waals surface area contributed by atoms with Crippen molar-refractivity contribution in [2.75, 3.05) is 9.80 Å². The van der Waals surface area contributed by atoms with Crippen LogP contribution >= 0.6 is 0 Å². The topological polar surface area (TPSA) is 19.6 Å². The Kier molecular flexibility index (Phi) is 9.25. The molecule has 12 aromatic carbocycles. The number of rotatable bonds is 5. The van der Waals surface area contributed by atoms with Crippen LogP contribution in [0.15, 0.2) is 283 Å². The Morgan fingerprint density at radius 3 is 1.61 bits per heavy atom. The van der Waals surface area contributed by atoms with E-state index in [1.54, 1.807) is 0 Å². The molecule has 0 fully saturated rings. The first-order chi connectivity index (χ1) is 37.7. The number of benzene rings is 12. The molecule has 1 atom stereocenters. The summed E-state index contributed by atoms with van der Waals surface area (Å²) in [7, 11) is 0. The van der Waals surface area contributed by atoms with Gasteiger partial charge in [-0.1, -0.05) is 212 Å². The van der Waals surface area contributed by atoms with Crippen molar-refractivity contribution in [3.63, 3.8) is 0 Å². The van der Waals surface area contributed by atoms with Gasteiger partial charge in [0.1, 0.15) is 11.2 Å². The molecule has 0 saturated carbocycles. The molecule has 16 rings (SSSR count). The third-order valence-corrected chi connectivity index (χ3v) is 16.4. The predicted molar refractivity (Wildman–Crippen MR) is 315 cm³/mol. The van der Waals surface area contributed by atoms with Crippen molar-refractivity contribution in [3.05, 3.63) is 301 Å². The molecule has 3 aliphatic rings. The lowest BCUT2D eigenvalue weighted by molar-refractivity contribution is 0.668. The summed E-state index contributed by atoms with van der Waals surface area (Å²) >= 11 is 0.